The van der Waals surface area contributed by atoms with E-state index < -0.39 is 0 Å². The molecular weight excluding hydrogens is 250 g/mol. The summed E-state index contributed by atoms with van der Waals surface area (Å²) >= 11 is 0. The van der Waals surface area contributed by atoms with Crippen molar-refractivity contribution in [3.05, 3.63) is 12.3 Å². The number of aromatic nitrogens is 2. The van der Waals surface area contributed by atoms with Crippen LogP contribution in [0.25, 0.3) is 0 Å². The Morgan fingerprint density at radius 3 is 2.90 bits per heavy atom. The summed E-state index contributed by atoms with van der Waals surface area (Å²) in [6, 6.07) is 2.86. The summed E-state index contributed by atoms with van der Waals surface area (Å²) in [7, 11) is 0. The standard InChI is InChI=1S/C15H23N5/c16-12-4-6-20(9-12)14-3-5-17-15(19-14)18-13-8-10-1-2-11(13)7-10/h3,5,10-13H,1-2,4,6-9,16H2,(H,17,18,19)/t10?,11?,12-,13?/m1/s1. The number of hydrogen-bond acceptors (Lipinski definition) is 5. The molecule has 1 aliphatic heterocycles. The first-order valence-electron chi connectivity index (χ1n) is 7.88. The number of nitrogens with zero attached hydrogens (tertiary/aromatic N) is 3. The lowest BCUT2D eigenvalue weighted by Crippen LogP contribution is -2.29. The molecule has 2 heterocycles. The summed E-state index contributed by atoms with van der Waals surface area (Å²) in [5.41, 5.74) is 5.97. The molecule has 0 radical (unpaired) electrons. The van der Waals surface area contributed by atoms with Crippen LogP contribution in [0.5, 0.6) is 0 Å². The number of anilines is 2. The highest BCUT2D eigenvalue weighted by atomic mass is 15.3. The lowest BCUT2D eigenvalue weighted by atomic mass is 9.95. The predicted molar refractivity (Wildman–Crippen MR) is 79.7 cm³/mol. The van der Waals surface area contributed by atoms with Crippen molar-refractivity contribution in [1.82, 2.24) is 9.97 Å². The van der Waals surface area contributed by atoms with Crippen molar-refractivity contribution in [3.63, 3.8) is 0 Å². The Bertz CT molecular complexity index is 491. The molecule has 0 spiro atoms. The minimum Gasteiger partial charge on any atom is -0.355 e. The Morgan fingerprint density at radius 2 is 2.20 bits per heavy atom. The fraction of sp³-hybridized carbons (Fsp3) is 0.733. The summed E-state index contributed by atoms with van der Waals surface area (Å²) in [4.78, 5) is 11.3. The average Bonchev–Trinajstić information content (AvgIpc) is 3.15. The number of fused-ring (bicyclic) bond motifs is 2. The number of nitrogens with one attached hydrogen (secondary N) is 1. The van der Waals surface area contributed by atoms with Gasteiger partial charge in [0.2, 0.25) is 5.95 Å². The Hall–Kier alpha value is -1.36. The topological polar surface area (TPSA) is 67.1 Å². The van der Waals surface area contributed by atoms with Gasteiger partial charge in [-0.15, -0.1) is 0 Å². The van der Waals surface area contributed by atoms with E-state index in [1.165, 1.54) is 25.7 Å². The van der Waals surface area contributed by atoms with Crippen LogP contribution in [0.15, 0.2) is 12.3 Å². The van der Waals surface area contributed by atoms with E-state index in [0.29, 0.717) is 6.04 Å². The van der Waals surface area contributed by atoms with E-state index in [9.17, 15) is 0 Å². The van der Waals surface area contributed by atoms with E-state index in [4.69, 9.17) is 5.73 Å². The Labute approximate surface area is 120 Å². The highest BCUT2D eigenvalue weighted by Crippen LogP contribution is 2.45. The molecule has 3 aliphatic rings. The minimum atomic E-state index is 0.284. The number of hydrogen-bond donors (Lipinski definition) is 2. The van der Waals surface area contributed by atoms with Crippen LogP contribution in [-0.4, -0.2) is 35.1 Å². The quantitative estimate of drug-likeness (QED) is 0.876. The largest absolute Gasteiger partial charge is 0.355 e. The van der Waals surface area contributed by atoms with Crippen molar-refractivity contribution in [1.29, 1.82) is 0 Å². The van der Waals surface area contributed by atoms with Gasteiger partial charge < -0.3 is 16.0 Å². The maximum Gasteiger partial charge on any atom is 0.224 e. The molecule has 3 fully saturated rings. The summed E-state index contributed by atoms with van der Waals surface area (Å²) in [5, 5.41) is 3.57. The van der Waals surface area contributed by atoms with Gasteiger partial charge in [0.05, 0.1) is 0 Å². The molecule has 2 saturated carbocycles. The fourth-order valence-electron chi connectivity index (χ4n) is 4.18. The van der Waals surface area contributed by atoms with Gasteiger partial charge in [-0.05, 0) is 43.6 Å². The normalized spacial score (nSPS) is 35.8. The third-order valence-corrected chi connectivity index (χ3v) is 5.24. The van der Waals surface area contributed by atoms with Crippen molar-refractivity contribution in [2.45, 2.75) is 44.2 Å². The maximum atomic E-state index is 5.97. The van der Waals surface area contributed by atoms with E-state index in [1.807, 2.05) is 12.3 Å². The lowest BCUT2D eigenvalue weighted by Gasteiger charge is -2.23. The lowest BCUT2D eigenvalue weighted by molar-refractivity contribution is 0.438. The Kier molecular flexibility index (Phi) is 3.02. The molecule has 5 nitrogen and oxygen atoms in total. The van der Waals surface area contributed by atoms with Crippen LogP contribution in [0.4, 0.5) is 11.8 Å². The predicted octanol–water partition coefficient (Wildman–Crippen LogP) is 1.61. The van der Waals surface area contributed by atoms with Gasteiger partial charge in [-0.25, -0.2) is 4.98 Å². The SMILES string of the molecule is N[C@@H]1CCN(c2ccnc(NC3CC4CCC3C4)n2)C1. The van der Waals surface area contributed by atoms with Gasteiger partial charge in [-0.2, -0.15) is 4.98 Å². The highest BCUT2D eigenvalue weighted by Gasteiger charge is 2.39. The Balaban J connectivity index is 1.46. The third kappa shape index (κ3) is 2.24. The molecule has 0 aromatic carbocycles. The van der Waals surface area contributed by atoms with Gasteiger partial charge in [-0.3, -0.25) is 0 Å². The zero-order chi connectivity index (χ0) is 13.5. The minimum absolute atomic E-state index is 0.284. The zero-order valence-electron chi connectivity index (χ0n) is 11.8. The van der Waals surface area contributed by atoms with Crippen LogP contribution >= 0.6 is 0 Å². The highest BCUT2D eigenvalue weighted by molar-refractivity contribution is 5.44. The molecule has 20 heavy (non-hydrogen) atoms. The van der Waals surface area contributed by atoms with Gasteiger partial charge in [0.15, 0.2) is 0 Å². The molecule has 4 rings (SSSR count). The molecule has 2 bridgehead atoms. The smallest absolute Gasteiger partial charge is 0.224 e. The van der Waals surface area contributed by atoms with Crippen molar-refractivity contribution in [2.24, 2.45) is 17.6 Å². The van der Waals surface area contributed by atoms with E-state index in [-0.39, 0.29) is 6.04 Å². The molecule has 1 aromatic rings. The molecule has 4 atom stereocenters. The van der Waals surface area contributed by atoms with Crippen LogP contribution in [0.2, 0.25) is 0 Å². The molecule has 3 unspecified atom stereocenters. The van der Waals surface area contributed by atoms with Crippen molar-refractivity contribution in [3.8, 4) is 0 Å². The molecule has 1 aromatic heterocycles. The second-order valence-corrected chi connectivity index (χ2v) is 6.66. The molecule has 5 heteroatoms. The number of nitrogens with two attached hydrogens (primary N) is 1. The number of rotatable bonds is 3. The van der Waals surface area contributed by atoms with Crippen molar-refractivity contribution >= 4 is 11.8 Å². The van der Waals surface area contributed by atoms with Gasteiger partial charge in [0, 0.05) is 31.4 Å². The Morgan fingerprint density at radius 1 is 1.25 bits per heavy atom. The monoisotopic (exact) mass is 273 g/mol. The second kappa shape index (κ2) is 4.88. The van der Waals surface area contributed by atoms with E-state index in [2.05, 4.69) is 20.2 Å². The van der Waals surface area contributed by atoms with Crippen LogP contribution < -0.4 is 16.0 Å². The zero-order valence-corrected chi connectivity index (χ0v) is 11.8. The summed E-state index contributed by atoms with van der Waals surface area (Å²) in [6.07, 6.45) is 8.42. The van der Waals surface area contributed by atoms with Crippen LogP contribution in [-0.2, 0) is 0 Å². The van der Waals surface area contributed by atoms with Crippen LogP contribution in [0, 0.1) is 11.8 Å². The first kappa shape index (κ1) is 12.4. The van der Waals surface area contributed by atoms with Gasteiger partial charge >= 0.3 is 0 Å². The third-order valence-electron chi connectivity index (χ3n) is 5.24. The summed E-state index contributed by atoms with van der Waals surface area (Å²) in [5.74, 6) is 3.59. The molecule has 1 saturated heterocycles. The van der Waals surface area contributed by atoms with E-state index in [1.54, 1.807) is 0 Å². The first-order chi connectivity index (χ1) is 9.78. The van der Waals surface area contributed by atoms with Gasteiger partial charge in [0.1, 0.15) is 5.82 Å². The van der Waals surface area contributed by atoms with E-state index >= 15 is 0 Å². The molecular formula is C15H23N5. The second-order valence-electron chi connectivity index (χ2n) is 6.66. The first-order valence-corrected chi connectivity index (χ1v) is 7.88. The summed E-state index contributed by atoms with van der Waals surface area (Å²) in [6.45, 7) is 1.91. The maximum absolute atomic E-state index is 5.97. The van der Waals surface area contributed by atoms with Gasteiger partial charge in [-0.1, -0.05) is 6.42 Å². The van der Waals surface area contributed by atoms with E-state index in [0.717, 1.165) is 43.1 Å². The van der Waals surface area contributed by atoms with Crippen molar-refractivity contribution < 1.29 is 0 Å². The average molecular weight is 273 g/mol. The molecule has 108 valence electrons. The molecule has 3 N–H and O–H groups in total. The van der Waals surface area contributed by atoms with Gasteiger partial charge in [0.25, 0.3) is 0 Å². The van der Waals surface area contributed by atoms with Crippen LogP contribution in [0.3, 0.4) is 0 Å². The fourth-order valence-corrected chi connectivity index (χ4v) is 4.18. The van der Waals surface area contributed by atoms with Crippen LogP contribution in [0.1, 0.15) is 32.1 Å². The summed E-state index contributed by atoms with van der Waals surface area (Å²) < 4.78 is 0. The molecule has 0 amide bonds. The molecule has 2 aliphatic carbocycles. The van der Waals surface area contributed by atoms with Crippen molar-refractivity contribution in [2.75, 3.05) is 23.3 Å².